The summed E-state index contributed by atoms with van der Waals surface area (Å²) in [6.45, 7) is 2.57. The molecule has 0 bridgehead atoms. The van der Waals surface area contributed by atoms with Crippen molar-refractivity contribution in [2.24, 2.45) is 0 Å². The van der Waals surface area contributed by atoms with Gasteiger partial charge in [0.25, 0.3) is 0 Å². The smallest absolute Gasteiger partial charge is 0.0895 e. The molecule has 14 heavy (non-hydrogen) atoms. The first-order valence-electron chi connectivity index (χ1n) is 5.40. The average Bonchev–Trinajstić information content (AvgIpc) is 2.63. The van der Waals surface area contributed by atoms with Crippen LogP contribution in [0.15, 0.2) is 0 Å². The maximum absolute atomic E-state index is 9.17. The van der Waals surface area contributed by atoms with Crippen molar-refractivity contribution < 1.29 is 10.2 Å². The van der Waals surface area contributed by atoms with E-state index in [0.29, 0.717) is 12.6 Å². The molecule has 84 valence electrons. The van der Waals surface area contributed by atoms with Gasteiger partial charge in [-0.05, 0) is 25.0 Å². The van der Waals surface area contributed by atoms with E-state index in [1.54, 1.807) is 0 Å². The molecule has 0 radical (unpaired) electrons. The molecule has 0 aromatic carbocycles. The maximum Gasteiger partial charge on any atom is 0.0895 e. The van der Waals surface area contributed by atoms with Gasteiger partial charge < -0.3 is 15.5 Å². The lowest BCUT2D eigenvalue weighted by Gasteiger charge is -2.15. The minimum Gasteiger partial charge on any atom is -0.394 e. The van der Waals surface area contributed by atoms with Crippen molar-refractivity contribution in [2.45, 2.75) is 43.6 Å². The van der Waals surface area contributed by atoms with E-state index in [1.165, 1.54) is 25.0 Å². The Bertz CT molecular complexity index is 157. The quantitative estimate of drug-likeness (QED) is 0.612. The Morgan fingerprint density at radius 3 is 2.93 bits per heavy atom. The lowest BCUT2D eigenvalue weighted by atomic mass is 10.2. The summed E-state index contributed by atoms with van der Waals surface area (Å²) < 4.78 is 0. The molecule has 3 N–H and O–H groups in total. The van der Waals surface area contributed by atoms with Crippen molar-refractivity contribution in [3.63, 3.8) is 0 Å². The third-order valence-corrected chi connectivity index (χ3v) is 3.87. The molecular formula is C10H21NO2S. The molecule has 3 nitrogen and oxygen atoms in total. The molecule has 1 aliphatic rings. The normalized spacial score (nSPS) is 29.4. The molecule has 1 aliphatic carbocycles. The summed E-state index contributed by atoms with van der Waals surface area (Å²) in [5.74, 6) is 1.19. The summed E-state index contributed by atoms with van der Waals surface area (Å²) in [4.78, 5) is 0. The monoisotopic (exact) mass is 219 g/mol. The molecule has 4 heteroatoms. The van der Waals surface area contributed by atoms with E-state index in [1.807, 2.05) is 11.8 Å². The first-order valence-corrected chi connectivity index (χ1v) is 6.45. The lowest BCUT2D eigenvalue weighted by molar-refractivity contribution is 0.0920. The zero-order valence-electron chi connectivity index (χ0n) is 8.78. The van der Waals surface area contributed by atoms with E-state index in [-0.39, 0.29) is 6.61 Å². The summed E-state index contributed by atoms with van der Waals surface area (Å²) >= 11 is 2.03. The largest absolute Gasteiger partial charge is 0.394 e. The highest BCUT2D eigenvalue weighted by Gasteiger charge is 2.24. The van der Waals surface area contributed by atoms with Crippen LogP contribution in [0.1, 0.15) is 26.2 Å². The van der Waals surface area contributed by atoms with Crippen LogP contribution in [-0.2, 0) is 0 Å². The van der Waals surface area contributed by atoms with Gasteiger partial charge in [0, 0.05) is 17.8 Å². The Morgan fingerprint density at radius 2 is 2.29 bits per heavy atom. The van der Waals surface area contributed by atoms with Crippen molar-refractivity contribution in [1.29, 1.82) is 0 Å². The number of aliphatic hydroxyl groups is 2. The molecule has 0 aliphatic heterocycles. The van der Waals surface area contributed by atoms with Crippen molar-refractivity contribution in [2.75, 3.05) is 18.9 Å². The summed E-state index contributed by atoms with van der Waals surface area (Å²) in [5, 5.41) is 21.9. The molecule has 1 rings (SSSR count). The van der Waals surface area contributed by atoms with Gasteiger partial charge in [-0.1, -0.05) is 6.92 Å². The van der Waals surface area contributed by atoms with Crippen molar-refractivity contribution in [1.82, 2.24) is 5.32 Å². The first kappa shape index (κ1) is 12.3. The van der Waals surface area contributed by atoms with Gasteiger partial charge in [0.2, 0.25) is 0 Å². The highest BCUT2D eigenvalue weighted by molar-refractivity contribution is 7.99. The Morgan fingerprint density at radius 1 is 1.50 bits per heavy atom. The minimum absolute atomic E-state index is 0.146. The molecule has 3 atom stereocenters. The van der Waals surface area contributed by atoms with E-state index in [4.69, 9.17) is 10.2 Å². The van der Waals surface area contributed by atoms with Crippen molar-refractivity contribution >= 4 is 11.8 Å². The highest BCUT2D eigenvalue weighted by Crippen LogP contribution is 2.29. The van der Waals surface area contributed by atoms with Gasteiger partial charge in [-0.3, -0.25) is 0 Å². The molecule has 0 amide bonds. The number of rotatable bonds is 6. The molecular weight excluding hydrogens is 198 g/mol. The van der Waals surface area contributed by atoms with Gasteiger partial charge in [-0.2, -0.15) is 11.8 Å². The standard InChI is InChI=1S/C10H21NO2S/c1-2-14-10-4-3-8(5-10)11-6-9(13)7-12/h8-13H,2-7H2,1H3/t8?,9-,10?/m0/s1. The van der Waals surface area contributed by atoms with Crippen molar-refractivity contribution in [3.05, 3.63) is 0 Å². The minimum atomic E-state index is -0.604. The SMILES string of the molecule is CCSC1CCC(NC[C@H](O)CO)C1. The topological polar surface area (TPSA) is 52.5 Å². The Hall–Kier alpha value is 0.230. The second kappa shape index (κ2) is 6.67. The third-order valence-electron chi connectivity index (χ3n) is 2.64. The zero-order chi connectivity index (χ0) is 10.4. The van der Waals surface area contributed by atoms with Gasteiger partial charge >= 0.3 is 0 Å². The van der Waals surface area contributed by atoms with Crippen LogP contribution in [-0.4, -0.2) is 46.5 Å². The van der Waals surface area contributed by atoms with Crippen LogP contribution in [0.3, 0.4) is 0 Å². The van der Waals surface area contributed by atoms with Gasteiger partial charge in [0.05, 0.1) is 12.7 Å². The van der Waals surface area contributed by atoms with Crippen LogP contribution in [0.5, 0.6) is 0 Å². The summed E-state index contributed by atoms with van der Waals surface area (Å²) in [7, 11) is 0. The molecule has 1 saturated carbocycles. The van der Waals surface area contributed by atoms with Crippen LogP contribution < -0.4 is 5.32 Å². The Labute approximate surface area is 90.3 Å². The second-order valence-corrected chi connectivity index (χ2v) is 5.41. The first-order chi connectivity index (χ1) is 6.76. The summed E-state index contributed by atoms with van der Waals surface area (Å²) in [5.41, 5.74) is 0. The average molecular weight is 219 g/mol. The molecule has 1 fully saturated rings. The van der Waals surface area contributed by atoms with Gasteiger partial charge in [0.1, 0.15) is 0 Å². The predicted molar refractivity (Wildman–Crippen MR) is 60.7 cm³/mol. The van der Waals surface area contributed by atoms with Crippen LogP contribution in [0, 0.1) is 0 Å². The third kappa shape index (κ3) is 4.17. The highest BCUT2D eigenvalue weighted by atomic mass is 32.2. The maximum atomic E-state index is 9.17. The molecule has 0 saturated heterocycles. The van der Waals surface area contributed by atoms with Gasteiger partial charge in [0.15, 0.2) is 0 Å². The zero-order valence-corrected chi connectivity index (χ0v) is 9.59. The van der Waals surface area contributed by atoms with Crippen LogP contribution in [0.25, 0.3) is 0 Å². The number of aliphatic hydroxyl groups excluding tert-OH is 2. The number of nitrogens with one attached hydrogen (secondary N) is 1. The summed E-state index contributed by atoms with van der Waals surface area (Å²) in [6, 6.07) is 0.542. The second-order valence-electron chi connectivity index (χ2n) is 3.83. The fraction of sp³-hybridized carbons (Fsp3) is 1.00. The fourth-order valence-electron chi connectivity index (χ4n) is 1.88. The van der Waals surface area contributed by atoms with Crippen LogP contribution in [0.2, 0.25) is 0 Å². The molecule has 0 spiro atoms. The van der Waals surface area contributed by atoms with E-state index < -0.39 is 6.10 Å². The van der Waals surface area contributed by atoms with E-state index in [0.717, 1.165) is 5.25 Å². The molecule has 0 aromatic heterocycles. The van der Waals surface area contributed by atoms with Gasteiger partial charge in [-0.25, -0.2) is 0 Å². The Balaban J connectivity index is 2.09. The van der Waals surface area contributed by atoms with Gasteiger partial charge in [-0.15, -0.1) is 0 Å². The summed E-state index contributed by atoms with van der Waals surface area (Å²) in [6.07, 6.45) is 3.09. The van der Waals surface area contributed by atoms with E-state index in [2.05, 4.69) is 12.2 Å². The van der Waals surface area contributed by atoms with E-state index >= 15 is 0 Å². The predicted octanol–water partition coefficient (Wildman–Crippen LogP) is 0.603. The molecule has 0 heterocycles. The fourth-order valence-corrected chi connectivity index (χ4v) is 3.02. The lowest BCUT2D eigenvalue weighted by Crippen LogP contribution is -2.35. The number of hydrogen-bond donors (Lipinski definition) is 3. The van der Waals surface area contributed by atoms with Crippen LogP contribution in [0.4, 0.5) is 0 Å². The van der Waals surface area contributed by atoms with Crippen molar-refractivity contribution in [3.8, 4) is 0 Å². The number of thioether (sulfide) groups is 1. The molecule has 2 unspecified atom stereocenters. The number of hydrogen-bond acceptors (Lipinski definition) is 4. The van der Waals surface area contributed by atoms with Crippen LogP contribution >= 0.6 is 11.8 Å². The Kier molecular flexibility index (Phi) is 5.86. The van der Waals surface area contributed by atoms with E-state index in [9.17, 15) is 0 Å². The molecule has 0 aromatic rings.